The largest absolute Gasteiger partial charge is 0.493 e. The van der Waals surface area contributed by atoms with Gasteiger partial charge in [-0.05, 0) is 38.8 Å². The molecule has 0 saturated carbocycles. The fourth-order valence-electron chi connectivity index (χ4n) is 1.54. The van der Waals surface area contributed by atoms with Crippen molar-refractivity contribution >= 4 is 5.97 Å². The zero-order chi connectivity index (χ0) is 13.6. The van der Waals surface area contributed by atoms with Crippen molar-refractivity contribution < 1.29 is 19.4 Å². The van der Waals surface area contributed by atoms with Crippen molar-refractivity contribution in [2.45, 2.75) is 26.7 Å². The van der Waals surface area contributed by atoms with Crippen LogP contribution < -0.4 is 9.47 Å². The van der Waals surface area contributed by atoms with Crippen LogP contribution in [0.3, 0.4) is 0 Å². The van der Waals surface area contributed by atoms with E-state index in [0.29, 0.717) is 30.9 Å². The predicted octanol–water partition coefficient (Wildman–Crippen LogP) is 2.97. The van der Waals surface area contributed by atoms with Crippen LogP contribution in [0.1, 0.15) is 26.7 Å². The van der Waals surface area contributed by atoms with E-state index >= 15 is 0 Å². The van der Waals surface area contributed by atoms with Gasteiger partial charge in [-0.1, -0.05) is 12.1 Å². The van der Waals surface area contributed by atoms with Gasteiger partial charge in [-0.3, -0.25) is 4.79 Å². The van der Waals surface area contributed by atoms with E-state index in [1.165, 1.54) is 0 Å². The molecule has 0 aromatic heterocycles. The summed E-state index contributed by atoms with van der Waals surface area (Å²) in [7, 11) is 1.59. The summed E-state index contributed by atoms with van der Waals surface area (Å²) in [5.41, 5.74) is -0.704. The van der Waals surface area contributed by atoms with E-state index in [4.69, 9.17) is 14.6 Å². The van der Waals surface area contributed by atoms with Gasteiger partial charge in [-0.25, -0.2) is 0 Å². The Balaban J connectivity index is 2.41. The van der Waals surface area contributed by atoms with Crippen LogP contribution in [0.15, 0.2) is 24.3 Å². The lowest BCUT2D eigenvalue weighted by Crippen LogP contribution is -2.24. The van der Waals surface area contributed by atoms with Crippen LogP contribution in [0.4, 0.5) is 0 Å². The van der Waals surface area contributed by atoms with Crippen LogP contribution >= 0.6 is 0 Å². The summed E-state index contributed by atoms with van der Waals surface area (Å²) in [6, 6.07) is 7.41. The van der Waals surface area contributed by atoms with Crippen LogP contribution in [0.2, 0.25) is 0 Å². The number of rotatable bonds is 7. The lowest BCUT2D eigenvalue weighted by Gasteiger charge is -2.18. The lowest BCUT2D eigenvalue weighted by atomic mass is 9.88. The van der Waals surface area contributed by atoms with E-state index < -0.39 is 11.4 Å². The predicted molar refractivity (Wildman–Crippen MR) is 69.1 cm³/mol. The molecule has 1 rings (SSSR count). The van der Waals surface area contributed by atoms with Crippen LogP contribution in [-0.2, 0) is 4.79 Å². The first-order valence-corrected chi connectivity index (χ1v) is 5.96. The van der Waals surface area contributed by atoms with Crippen molar-refractivity contribution in [3.8, 4) is 11.5 Å². The minimum Gasteiger partial charge on any atom is -0.493 e. The van der Waals surface area contributed by atoms with Crippen LogP contribution in [-0.4, -0.2) is 24.8 Å². The number of carboxylic acid groups (broad SMARTS) is 1. The second-order valence-electron chi connectivity index (χ2n) is 4.79. The smallest absolute Gasteiger partial charge is 0.309 e. The van der Waals surface area contributed by atoms with Gasteiger partial charge in [-0.15, -0.1) is 0 Å². The molecule has 0 aliphatic rings. The number of ether oxygens (including phenoxy) is 2. The van der Waals surface area contributed by atoms with E-state index in [1.807, 2.05) is 24.3 Å². The standard InChI is InChI=1S/C14H20O4/c1-14(2,13(15)16)9-6-10-18-12-8-5-4-7-11(12)17-3/h4-5,7-8H,6,9-10H2,1-3H3,(H,15,16). The lowest BCUT2D eigenvalue weighted by molar-refractivity contribution is -0.147. The topological polar surface area (TPSA) is 55.8 Å². The SMILES string of the molecule is COc1ccccc1OCCCC(C)(C)C(=O)O. The average Bonchev–Trinajstić information content (AvgIpc) is 2.35. The Labute approximate surface area is 108 Å². The molecule has 4 nitrogen and oxygen atoms in total. The number of hydrogen-bond acceptors (Lipinski definition) is 3. The fraction of sp³-hybridized carbons (Fsp3) is 0.500. The number of carbonyl (C=O) groups is 1. The molecule has 0 unspecified atom stereocenters. The second-order valence-corrected chi connectivity index (χ2v) is 4.79. The van der Waals surface area contributed by atoms with E-state index in [9.17, 15) is 4.79 Å². The van der Waals surface area contributed by atoms with Gasteiger partial charge >= 0.3 is 5.97 Å². The third-order valence-electron chi connectivity index (χ3n) is 2.85. The number of carboxylic acids is 1. The molecule has 0 fully saturated rings. The Hall–Kier alpha value is -1.71. The van der Waals surface area contributed by atoms with Crippen molar-refractivity contribution in [3.05, 3.63) is 24.3 Å². The molecule has 0 heterocycles. The maximum absolute atomic E-state index is 10.9. The minimum atomic E-state index is -0.778. The molecule has 0 amide bonds. The van der Waals surface area contributed by atoms with Gasteiger partial charge in [0.1, 0.15) is 0 Å². The molecule has 1 N–H and O–H groups in total. The zero-order valence-corrected chi connectivity index (χ0v) is 11.1. The summed E-state index contributed by atoms with van der Waals surface area (Å²) in [4.78, 5) is 10.9. The highest BCUT2D eigenvalue weighted by molar-refractivity contribution is 5.73. The molecule has 0 bridgehead atoms. The first-order chi connectivity index (χ1) is 8.47. The minimum absolute atomic E-state index is 0.483. The molecule has 0 saturated heterocycles. The van der Waals surface area contributed by atoms with Gasteiger partial charge < -0.3 is 14.6 Å². The highest BCUT2D eigenvalue weighted by Gasteiger charge is 2.26. The molecule has 0 aliphatic carbocycles. The third-order valence-corrected chi connectivity index (χ3v) is 2.85. The highest BCUT2D eigenvalue weighted by Crippen LogP contribution is 2.27. The average molecular weight is 252 g/mol. The molecule has 0 radical (unpaired) electrons. The fourth-order valence-corrected chi connectivity index (χ4v) is 1.54. The Bertz CT molecular complexity index is 399. The van der Waals surface area contributed by atoms with Gasteiger partial charge in [0.2, 0.25) is 0 Å². The van der Waals surface area contributed by atoms with Crippen molar-refractivity contribution in [2.75, 3.05) is 13.7 Å². The maximum Gasteiger partial charge on any atom is 0.309 e. The van der Waals surface area contributed by atoms with Crippen LogP contribution in [0.5, 0.6) is 11.5 Å². The van der Waals surface area contributed by atoms with Crippen LogP contribution in [0.25, 0.3) is 0 Å². The molecule has 100 valence electrons. The van der Waals surface area contributed by atoms with Gasteiger partial charge in [0.15, 0.2) is 11.5 Å². The molecule has 1 aromatic carbocycles. The molecule has 0 spiro atoms. The maximum atomic E-state index is 10.9. The Morgan fingerprint density at radius 1 is 1.28 bits per heavy atom. The van der Waals surface area contributed by atoms with Crippen molar-refractivity contribution in [2.24, 2.45) is 5.41 Å². The summed E-state index contributed by atoms with van der Waals surface area (Å²) in [5.74, 6) is 0.600. The first-order valence-electron chi connectivity index (χ1n) is 5.96. The Morgan fingerprint density at radius 3 is 2.44 bits per heavy atom. The number of benzene rings is 1. The molecule has 1 aromatic rings. The number of aliphatic carboxylic acids is 1. The zero-order valence-electron chi connectivity index (χ0n) is 11.1. The van der Waals surface area contributed by atoms with Crippen molar-refractivity contribution in [3.63, 3.8) is 0 Å². The molecule has 4 heteroatoms. The Kier molecular flexibility index (Phi) is 5.01. The van der Waals surface area contributed by atoms with E-state index in [1.54, 1.807) is 21.0 Å². The summed E-state index contributed by atoms with van der Waals surface area (Å²) >= 11 is 0. The molecular weight excluding hydrogens is 232 g/mol. The van der Waals surface area contributed by atoms with E-state index in [-0.39, 0.29) is 0 Å². The molecule has 0 aliphatic heterocycles. The van der Waals surface area contributed by atoms with Gasteiger partial charge in [-0.2, -0.15) is 0 Å². The second kappa shape index (κ2) is 6.28. The number of para-hydroxylation sites is 2. The first kappa shape index (κ1) is 14.4. The van der Waals surface area contributed by atoms with Gasteiger partial charge in [0.05, 0.1) is 19.1 Å². The quantitative estimate of drug-likeness (QED) is 0.758. The summed E-state index contributed by atoms with van der Waals surface area (Å²) in [5, 5.41) is 8.98. The molecule has 18 heavy (non-hydrogen) atoms. The molecule has 0 atom stereocenters. The van der Waals surface area contributed by atoms with Crippen LogP contribution in [0, 0.1) is 5.41 Å². The summed E-state index contributed by atoms with van der Waals surface area (Å²) < 4.78 is 10.7. The van der Waals surface area contributed by atoms with Crippen molar-refractivity contribution in [1.82, 2.24) is 0 Å². The normalized spacial score (nSPS) is 11.1. The van der Waals surface area contributed by atoms with E-state index in [2.05, 4.69) is 0 Å². The van der Waals surface area contributed by atoms with Crippen molar-refractivity contribution in [1.29, 1.82) is 0 Å². The summed E-state index contributed by atoms with van der Waals surface area (Å²) in [6.07, 6.45) is 1.27. The highest BCUT2D eigenvalue weighted by atomic mass is 16.5. The molecular formula is C14H20O4. The van der Waals surface area contributed by atoms with E-state index in [0.717, 1.165) is 0 Å². The summed E-state index contributed by atoms with van der Waals surface area (Å²) in [6.45, 7) is 3.92. The Morgan fingerprint density at radius 2 is 1.89 bits per heavy atom. The van der Waals surface area contributed by atoms with Gasteiger partial charge in [0, 0.05) is 0 Å². The monoisotopic (exact) mass is 252 g/mol. The van der Waals surface area contributed by atoms with Gasteiger partial charge in [0.25, 0.3) is 0 Å². The number of hydrogen-bond donors (Lipinski definition) is 1. The number of methoxy groups -OCH3 is 1. The third kappa shape index (κ3) is 3.95.